The van der Waals surface area contributed by atoms with E-state index < -0.39 is 5.97 Å². The first-order chi connectivity index (χ1) is 28.3. The highest BCUT2D eigenvalue weighted by Crippen LogP contribution is 2.40. The maximum atomic E-state index is 11.8. The number of hydrogen-bond acceptors (Lipinski definition) is 8. The molecule has 0 saturated carbocycles. The van der Waals surface area contributed by atoms with Crippen molar-refractivity contribution in [3.05, 3.63) is 151 Å². The van der Waals surface area contributed by atoms with Gasteiger partial charge in [-0.3, -0.25) is 24.1 Å². The van der Waals surface area contributed by atoms with Crippen molar-refractivity contribution >= 4 is 69.5 Å². The number of carbonyl (C=O) groups is 2. The number of carboxylic acid groups (broad SMARTS) is 1. The number of hydrogen-bond donors (Lipinski definition) is 1. The number of carboxylic acids is 1. The van der Waals surface area contributed by atoms with E-state index in [0.717, 1.165) is 27.8 Å². The van der Waals surface area contributed by atoms with E-state index in [9.17, 15) is 14.7 Å². The Kier molecular flexibility index (Phi) is 16.8. The standard InChI is InChI=1S/C21H19Cl2N3O2.C20H17Cl2N3O2.C4H11N/c1-13-12-14(22)7-8-15(13)16(9-10-18(27)28-3)19-20(25-26(2)21(19)23)17-6-4-5-11-24-17;1-12-11-13(21)6-7-14(12)15(8-9-17(26)27)18-19(24-25(2)20(18)22)16-5-3-4-10-23-16;1-4(2,3)5/h4-9,11-12H,10H2,1-3H3;3-8,10-11H,9H2,1-2H3,(H,26,27);5H2,1-3H3/b16-9-;15-8-;. The SMILES string of the molecule is CC(C)(C)[NH3+].COC(=O)C/C=C(/c1ccc(Cl)cc1C)c1c(-c2ccccn2)nn(C)c1Cl.Cc1cc(Cl)ccc1/C(=C/CC(=O)[O-])c1c(-c2ccccn2)nn(C)c1Cl. The minimum absolute atomic E-state index is 0.0980. The van der Waals surface area contributed by atoms with Gasteiger partial charge in [-0.15, -0.1) is 0 Å². The van der Waals surface area contributed by atoms with Crippen LogP contribution < -0.4 is 10.8 Å². The van der Waals surface area contributed by atoms with Gasteiger partial charge in [-0.1, -0.05) is 82.8 Å². The molecule has 4 heterocycles. The van der Waals surface area contributed by atoms with Gasteiger partial charge in [-0.05, 0) is 117 Å². The molecule has 314 valence electrons. The fourth-order valence-corrected chi connectivity index (χ4v) is 6.77. The Balaban J connectivity index is 0.000000238. The molecule has 0 radical (unpaired) electrons. The maximum Gasteiger partial charge on any atom is 0.309 e. The van der Waals surface area contributed by atoms with Crippen LogP contribution in [0.1, 0.15) is 67.0 Å². The molecule has 0 aliphatic heterocycles. The number of halogens is 4. The van der Waals surface area contributed by atoms with Crippen molar-refractivity contribution < 1.29 is 25.2 Å². The van der Waals surface area contributed by atoms with Crippen molar-refractivity contribution in [2.24, 2.45) is 14.1 Å². The summed E-state index contributed by atoms with van der Waals surface area (Å²) >= 11 is 25.4. The Morgan fingerprint density at radius 1 is 0.717 bits per heavy atom. The summed E-state index contributed by atoms with van der Waals surface area (Å²) < 4.78 is 7.94. The van der Waals surface area contributed by atoms with Crippen molar-refractivity contribution in [3.63, 3.8) is 0 Å². The number of aromatic nitrogens is 6. The number of aryl methyl sites for hydroxylation is 4. The van der Waals surface area contributed by atoms with E-state index in [1.54, 1.807) is 60.1 Å². The second-order valence-corrected chi connectivity index (χ2v) is 16.4. The van der Waals surface area contributed by atoms with Gasteiger partial charge in [0.15, 0.2) is 0 Å². The van der Waals surface area contributed by atoms with Gasteiger partial charge >= 0.3 is 5.97 Å². The Morgan fingerprint density at radius 2 is 1.12 bits per heavy atom. The van der Waals surface area contributed by atoms with Gasteiger partial charge in [0.2, 0.25) is 0 Å². The second kappa shape index (κ2) is 21.3. The number of esters is 1. The van der Waals surface area contributed by atoms with Crippen LogP contribution in [-0.2, 0) is 28.4 Å². The molecule has 2 aromatic carbocycles. The number of carbonyl (C=O) groups excluding carboxylic acids is 2. The molecule has 0 aliphatic rings. The second-order valence-electron chi connectivity index (χ2n) is 14.8. The van der Waals surface area contributed by atoms with Gasteiger partial charge in [0.25, 0.3) is 0 Å². The molecular formula is C45H47Cl4N7O4. The van der Waals surface area contributed by atoms with Gasteiger partial charge in [0, 0.05) is 60.1 Å². The highest BCUT2D eigenvalue weighted by molar-refractivity contribution is 6.33. The van der Waals surface area contributed by atoms with Gasteiger partial charge in [-0.2, -0.15) is 10.2 Å². The zero-order valence-corrected chi connectivity index (χ0v) is 37.7. The largest absolute Gasteiger partial charge is 0.550 e. The summed E-state index contributed by atoms with van der Waals surface area (Å²) in [7, 11) is 4.86. The summed E-state index contributed by atoms with van der Waals surface area (Å²) in [5.74, 6) is -1.53. The third kappa shape index (κ3) is 12.8. The van der Waals surface area contributed by atoms with Crippen molar-refractivity contribution in [2.75, 3.05) is 7.11 Å². The zero-order valence-electron chi connectivity index (χ0n) is 34.7. The summed E-state index contributed by atoms with van der Waals surface area (Å²) in [6.45, 7) is 10.1. The molecule has 60 heavy (non-hydrogen) atoms. The summed E-state index contributed by atoms with van der Waals surface area (Å²) in [6.07, 6.45) is 6.59. The van der Waals surface area contributed by atoms with Crippen molar-refractivity contribution in [3.8, 4) is 22.8 Å². The third-order valence-corrected chi connectivity index (χ3v) is 9.78. The smallest absolute Gasteiger partial charge is 0.309 e. The van der Waals surface area contributed by atoms with Crippen molar-refractivity contribution in [1.82, 2.24) is 29.5 Å². The lowest BCUT2D eigenvalue weighted by molar-refractivity contribution is -0.458. The van der Waals surface area contributed by atoms with Gasteiger partial charge in [0.05, 0.1) is 30.5 Å². The number of ether oxygens (including phenoxy) is 1. The molecule has 0 aliphatic carbocycles. The van der Waals surface area contributed by atoms with Crippen molar-refractivity contribution in [2.45, 2.75) is 53.0 Å². The van der Waals surface area contributed by atoms with E-state index in [1.807, 2.05) is 74.5 Å². The minimum Gasteiger partial charge on any atom is -0.550 e. The molecular weight excluding hydrogens is 844 g/mol. The molecule has 6 rings (SSSR count). The van der Waals surface area contributed by atoms with E-state index in [4.69, 9.17) is 51.1 Å². The predicted octanol–water partition coefficient (Wildman–Crippen LogP) is 8.79. The van der Waals surface area contributed by atoms with Crippen LogP contribution in [0.2, 0.25) is 20.4 Å². The van der Waals surface area contributed by atoms with E-state index in [1.165, 1.54) is 7.11 Å². The summed E-state index contributed by atoms with van der Waals surface area (Å²) in [5.41, 5.74) is 12.9. The maximum absolute atomic E-state index is 11.8. The zero-order chi connectivity index (χ0) is 44.3. The summed E-state index contributed by atoms with van der Waals surface area (Å²) in [5, 5.41) is 22.2. The van der Waals surface area contributed by atoms with Crippen LogP contribution in [0.15, 0.2) is 97.3 Å². The Labute approximate surface area is 370 Å². The molecule has 0 atom stereocenters. The first-order valence-electron chi connectivity index (χ1n) is 18.6. The lowest BCUT2D eigenvalue weighted by atomic mass is 9.93. The fourth-order valence-electron chi connectivity index (χ4n) is 5.85. The number of rotatable bonds is 10. The van der Waals surface area contributed by atoms with Gasteiger partial charge < -0.3 is 20.4 Å². The van der Waals surface area contributed by atoms with Crippen LogP contribution in [0.4, 0.5) is 0 Å². The molecule has 6 aromatic rings. The number of benzene rings is 2. The van der Waals surface area contributed by atoms with Crippen LogP contribution in [0.5, 0.6) is 0 Å². The molecule has 0 saturated heterocycles. The quantitative estimate of drug-likeness (QED) is 0.134. The molecule has 0 spiro atoms. The molecule has 0 bridgehead atoms. The number of pyridine rings is 2. The Morgan fingerprint density at radius 3 is 1.45 bits per heavy atom. The number of methoxy groups -OCH3 is 1. The first kappa shape index (κ1) is 47.4. The Bertz CT molecular complexity index is 2500. The van der Waals surface area contributed by atoms with Gasteiger partial charge in [-0.25, -0.2) is 0 Å². The minimum atomic E-state index is -1.18. The predicted molar refractivity (Wildman–Crippen MR) is 238 cm³/mol. The van der Waals surface area contributed by atoms with Crippen molar-refractivity contribution in [1.29, 1.82) is 0 Å². The molecule has 11 nitrogen and oxygen atoms in total. The van der Waals surface area contributed by atoms with Crippen LogP contribution in [0.25, 0.3) is 33.9 Å². The topological polar surface area (TPSA) is 155 Å². The Hall–Kier alpha value is -5.30. The third-order valence-electron chi connectivity index (χ3n) is 8.44. The molecule has 3 N–H and O–H groups in total. The molecule has 4 aromatic heterocycles. The average Bonchev–Trinajstić information content (AvgIpc) is 3.66. The monoisotopic (exact) mass is 889 g/mol. The van der Waals surface area contributed by atoms with E-state index in [-0.39, 0.29) is 24.3 Å². The van der Waals surface area contributed by atoms with Gasteiger partial charge in [0.1, 0.15) is 21.7 Å². The normalized spacial score (nSPS) is 11.6. The highest BCUT2D eigenvalue weighted by Gasteiger charge is 2.24. The van der Waals surface area contributed by atoms with Crippen LogP contribution >= 0.6 is 46.4 Å². The molecule has 15 heteroatoms. The van der Waals surface area contributed by atoms with E-state index in [2.05, 4.69) is 46.7 Å². The summed E-state index contributed by atoms with van der Waals surface area (Å²) in [4.78, 5) is 31.7. The fraction of sp³-hybridized carbons (Fsp3) is 0.244. The molecule has 0 unspecified atom stereocenters. The number of nitrogens with zero attached hydrogens (tertiary/aromatic N) is 6. The van der Waals surface area contributed by atoms with Crippen LogP contribution in [-0.4, -0.2) is 54.1 Å². The van der Waals surface area contributed by atoms with Crippen LogP contribution in [0.3, 0.4) is 0 Å². The molecule has 0 amide bonds. The van der Waals surface area contributed by atoms with Crippen LogP contribution in [0, 0.1) is 13.8 Å². The number of quaternary nitrogens is 1. The lowest BCUT2D eigenvalue weighted by Crippen LogP contribution is -2.67. The first-order valence-corrected chi connectivity index (χ1v) is 20.2. The van der Waals surface area contributed by atoms with E-state index in [0.29, 0.717) is 59.8 Å². The molecule has 0 fully saturated rings. The number of aliphatic carboxylic acids is 1. The van der Waals surface area contributed by atoms with E-state index >= 15 is 0 Å². The lowest BCUT2D eigenvalue weighted by Gasteiger charge is -2.13. The average molecular weight is 892 g/mol. The summed E-state index contributed by atoms with van der Waals surface area (Å²) in [6, 6.07) is 22.1. The highest BCUT2D eigenvalue weighted by atomic mass is 35.5.